The van der Waals surface area contributed by atoms with E-state index in [4.69, 9.17) is 0 Å². The molecule has 0 amide bonds. The van der Waals surface area contributed by atoms with E-state index in [-0.39, 0.29) is 11.3 Å². The van der Waals surface area contributed by atoms with E-state index in [1.54, 1.807) is 4.68 Å². The Labute approximate surface area is 126 Å². The first-order valence-corrected chi connectivity index (χ1v) is 6.68. The molecule has 116 valence electrons. The zero-order valence-electron chi connectivity index (χ0n) is 12.3. The minimum absolute atomic E-state index is 0.134. The monoisotopic (exact) mass is 304 g/mol. The Morgan fingerprint density at radius 2 is 2.23 bits per heavy atom. The topological polar surface area (TPSA) is 99.3 Å². The van der Waals surface area contributed by atoms with Crippen molar-refractivity contribution < 1.29 is 14.5 Å². The zero-order valence-corrected chi connectivity index (χ0v) is 12.3. The normalized spacial score (nSPS) is 10.3. The highest BCUT2D eigenvalue weighted by molar-refractivity contribution is 5.91. The van der Waals surface area contributed by atoms with Gasteiger partial charge in [0.25, 0.3) is 5.69 Å². The molecule has 0 aliphatic rings. The van der Waals surface area contributed by atoms with Gasteiger partial charge in [-0.2, -0.15) is 5.10 Å². The molecule has 0 radical (unpaired) electrons. The van der Waals surface area contributed by atoms with Crippen LogP contribution in [0, 0.1) is 10.1 Å². The van der Waals surface area contributed by atoms with Crippen LogP contribution in [0.2, 0.25) is 0 Å². The second-order valence-electron chi connectivity index (χ2n) is 4.50. The molecular weight excluding hydrogens is 288 g/mol. The molecule has 1 aromatic carbocycles. The van der Waals surface area contributed by atoms with Crippen molar-refractivity contribution >= 4 is 17.3 Å². The molecule has 0 saturated carbocycles. The summed E-state index contributed by atoms with van der Waals surface area (Å²) in [5.41, 5.74) is 1.05. The molecule has 0 bridgehead atoms. The predicted molar refractivity (Wildman–Crippen MR) is 79.7 cm³/mol. The van der Waals surface area contributed by atoms with Crippen LogP contribution in [0.3, 0.4) is 0 Å². The van der Waals surface area contributed by atoms with E-state index >= 15 is 0 Å². The molecule has 2 rings (SSSR count). The quantitative estimate of drug-likeness (QED) is 0.499. The van der Waals surface area contributed by atoms with E-state index in [0.717, 1.165) is 12.2 Å². The van der Waals surface area contributed by atoms with Gasteiger partial charge in [-0.1, -0.05) is 0 Å². The van der Waals surface area contributed by atoms with Crippen LogP contribution in [0.4, 0.5) is 11.4 Å². The molecule has 0 fully saturated rings. The Bertz CT molecular complexity index is 696. The van der Waals surface area contributed by atoms with Crippen molar-refractivity contribution in [3.8, 4) is 0 Å². The lowest BCUT2D eigenvalue weighted by molar-refractivity contribution is -0.384. The summed E-state index contributed by atoms with van der Waals surface area (Å²) in [7, 11) is 1.23. The number of hydrogen-bond donors (Lipinski definition) is 1. The number of nitro benzene ring substituents is 1. The summed E-state index contributed by atoms with van der Waals surface area (Å²) >= 11 is 0. The lowest BCUT2D eigenvalue weighted by Gasteiger charge is -2.07. The summed E-state index contributed by atoms with van der Waals surface area (Å²) in [6.45, 7) is 3.08. The average Bonchev–Trinajstić information content (AvgIpc) is 3.00. The van der Waals surface area contributed by atoms with Crippen molar-refractivity contribution in [1.29, 1.82) is 0 Å². The van der Waals surface area contributed by atoms with Gasteiger partial charge in [0.1, 0.15) is 5.69 Å². The second-order valence-corrected chi connectivity index (χ2v) is 4.50. The summed E-state index contributed by atoms with van der Waals surface area (Å²) < 4.78 is 6.33. The minimum atomic E-state index is -0.615. The molecule has 0 aliphatic carbocycles. The van der Waals surface area contributed by atoms with Gasteiger partial charge >= 0.3 is 5.97 Å². The number of esters is 1. The SMILES string of the molecule is CCn1ccc(CNc2ccc(C(=O)OC)cc2[N+](=O)[O-])n1. The lowest BCUT2D eigenvalue weighted by Crippen LogP contribution is -2.07. The number of ether oxygens (including phenoxy) is 1. The van der Waals surface area contributed by atoms with Crippen LogP contribution in [0.5, 0.6) is 0 Å². The van der Waals surface area contributed by atoms with Gasteiger partial charge < -0.3 is 10.1 Å². The van der Waals surface area contributed by atoms with Crippen molar-refractivity contribution in [3.63, 3.8) is 0 Å². The van der Waals surface area contributed by atoms with Crippen LogP contribution in [0.1, 0.15) is 23.0 Å². The zero-order chi connectivity index (χ0) is 16.1. The number of hydrogen-bond acceptors (Lipinski definition) is 6. The molecule has 0 atom stereocenters. The molecule has 0 aliphatic heterocycles. The van der Waals surface area contributed by atoms with E-state index in [1.807, 2.05) is 19.2 Å². The highest BCUT2D eigenvalue weighted by atomic mass is 16.6. The third-order valence-corrected chi connectivity index (χ3v) is 3.10. The van der Waals surface area contributed by atoms with Gasteiger partial charge in [-0.05, 0) is 25.1 Å². The standard InChI is InChI=1S/C14H16N4O4/c1-3-17-7-6-11(16-17)9-15-12-5-4-10(14(19)22-2)8-13(12)18(20)21/h4-8,15H,3,9H2,1-2H3. The Hall–Kier alpha value is -2.90. The first kappa shape index (κ1) is 15.5. The molecule has 22 heavy (non-hydrogen) atoms. The van der Waals surface area contributed by atoms with E-state index in [0.29, 0.717) is 12.2 Å². The fraction of sp³-hybridized carbons (Fsp3) is 0.286. The molecular formula is C14H16N4O4. The average molecular weight is 304 g/mol. The maximum absolute atomic E-state index is 11.4. The van der Waals surface area contributed by atoms with Gasteiger partial charge in [0, 0.05) is 18.8 Å². The van der Waals surface area contributed by atoms with Crippen molar-refractivity contribution in [2.24, 2.45) is 0 Å². The van der Waals surface area contributed by atoms with Crippen LogP contribution >= 0.6 is 0 Å². The largest absolute Gasteiger partial charge is 0.465 e. The Kier molecular flexibility index (Phi) is 4.72. The molecule has 2 aromatic rings. The van der Waals surface area contributed by atoms with Gasteiger partial charge in [0.05, 0.1) is 29.8 Å². The van der Waals surface area contributed by atoms with Gasteiger partial charge in [-0.15, -0.1) is 0 Å². The number of nitro groups is 1. The number of rotatable bonds is 6. The maximum Gasteiger partial charge on any atom is 0.338 e. The molecule has 8 nitrogen and oxygen atoms in total. The van der Waals surface area contributed by atoms with Crippen molar-refractivity contribution in [2.45, 2.75) is 20.0 Å². The first-order chi connectivity index (χ1) is 10.5. The number of nitrogens with zero attached hydrogens (tertiary/aromatic N) is 3. The predicted octanol–water partition coefficient (Wildman–Crippen LogP) is 2.21. The summed E-state index contributed by atoms with van der Waals surface area (Å²) in [5.74, 6) is -0.615. The number of aryl methyl sites for hydroxylation is 1. The van der Waals surface area contributed by atoms with E-state index in [9.17, 15) is 14.9 Å². The molecule has 8 heteroatoms. The minimum Gasteiger partial charge on any atom is -0.465 e. The number of aromatic nitrogens is 2. The van der Waals surface area contributed by atoms with Crippen molar-refractivity contribution in [1.82, 2.24) is 9.78 Å². The number of nitrogens with one attached hydrogen (secondary N) is 1. The van der Waals surface area contributed by atoms with Gasteiger partial charge in [-0.3, -0.25) is 14.8 Å². The van der Waals surface area contributed by atoms with Crippen molar-refractivity contribution in [3.05, 3.63) is 51.8 Å². The van der Waals surface area contributed by atoms with Crippen LogP contribution in [0.25, 0.3) is 0 Å². The van der Waals surface area contributed by atoms with Crippen molar-refractivity contribution in [2.75, 3.05) is 12.4 Å². The molecule has 0 unspecified atom stereocenters. The summed E-state index contributed by atoms with van der Waals surface area (Å²) in [4.78, 5) is 22.0. The fourth-order valence-electron chi connectivity index (χ4n) is 1.94. The smallest absolute Gasteiger partial charge is 0.338 e. The third-order valence-electron chi connectivity index (χ3n) is 3.10. The molecule has 1 heterocycles. The number of benzene rings is 1. The van der Waals surface area contributed by atoms with E-state index in [1.165, 1.54) is 25.3 Å². The Morgan fingerprint density at radius 3 is 2.82 bits per heavy atom. The number of carbonyl (C=O) groups is 1. The Balaban J connectivity index is 2.19. The van der Waals surface area contributed by atoms with Gasteiger partial charge in [0.2, 0.25) is 0 Å². The molecule has 1 N–H and O–H groups in total. The summed E-state index contributed by atoms with van der Waals surface area (Å²) in [6.07, 6.45) is 1.84. The molecule has 0 saturated heterocycles. The van der Waals surface area contributed by atoms with E-state index in [2.05, 4.69) is 15.2 Å². The molecule has 1 aromatic heterocycles. The van der Waals surface area contributed by atoms with Gasteiger partial charge in [-0.25, -0.2) is 4.79 Å². The number of methoxy groups -OCH3 is 1. The summed E-state index contributed by atoms with van der Waals surface area (Å²) in [6, 6.07) is 6.00. The van der Waals surface area contributed by atoms with E-state index < -0.39 is 10.9 Å². The fourth-order valence-corrected chi connectivity index (χ4v) is 1.94. The third kappa shape index (κ3) is 3.40. The Morgan fingerprint density at radius 1 is 1.45 bits per heavy atom. The number of anilines is 1. The highest BCUT2D eigenvalue weighted by Crippen LogP contribution is 2.26. The molecule has 0 spiro atoms. The summed E-state index contributed by atoms with van der Waals surface area (Å²) in [5, 5.41) is 18.4. The van der Waals surface area contributed by atoms with Gasteiger partial charge in [0.15, 0.2) is 0 Å². The van der Waals surface area contributed by atoms with Crippen LogP contribution in [0.15, 0.2) is 30.5 Å². The number of carbonyl (C=O) groups excluding carboxylic acids is 1. The van der Waals surface area contributed by atoms with Crippen LogP contribution in [-0.4, -0.2) is 27.8 Å². The van der Waals surface area contributed by atoms with Crippen LogP contribution in [-0.2, 0) is 17.8 Å². The van der Waals surface area contributed by atoms with Crippen LogP contribution < -0.4 is 5.32 Å². The lowest BCUT2D eigenvalue weighted by atomic mass is 10.1. The first-order valence-electron chi connectivity index (χ1n) is 6.68. The maximum atomic E-state index is 11.4. The highest BCUT2D eigenvalue weighted by Gasteiger charge is 2.18. The second kappa shape index (κ2) is 6.70.